The maximum atomic E-state index is 12.4. The number of carbonyl (C=O) groups excluding carboxylic acids is 1. The summed E-state index contributed by atoms with van der Waals surface area (Å²) < 4.78 is 35.1. The number of nitrogens with zero attached hydrogens (tertiary/aromatic N) is 1. The number of hydrogen-bond acceptors (Lipinski definition) is 9. The number of hydrogen-bond donors (Lipinski definition) is 2. The standard InChI is InChI=1S/C32H39ClN2O8S/c1-6-35(37)32(36)34-19-22-15-20(16-27(38-2)30(22)42-13-14-44-24-9-7-23(33)8-10-24)25-11-12-26(43-25)21-17-28(39-3)31(41-5)29(18-21)40-4/h7-10,15-18,25-26,37H,6,11-14,19H2,1-5H3,(H,34,36). The molecule has 10 nitrogen and oxygen atoms in total. The molecule has 44 heavy (non-hydrogen) atoms. The third kappa shape index (κ3) is 8.15. The van der Waals surface area contributed by atoms with Gasteiger partial charge in [0.15, 0.2) is 23.0 Å². The highest BCUT2D eigenvalue weighted by atomic mass is 35.5. The lowest BCUT2D eigenvalue weighted by atomic mass is 10.0. The van der Waals surface area contributed by atoms with Gasteiger partial charge in [-0.3, -0.25) is 5.21 Å². The maximum absolute atomic E-state index is 12.4. The average molecular weight is 647 g/mol. The molecule has 2 N–H and O–H groups in total. The van der Waals surface area contributed by atoms with Gasteiger partial charge in [-0.15, -0.1) is 11.8 Å². The van der Waals surface area contributed by atoms with E-state index in [4.69, 9.17) is 40.0 Å². The number of amides is 2. The fourth-order valence-corrected chi connectivity index (χ4v) is 5.83. The number of carbonyl (C=O) groups is 1. The quantitative estimate of drug-likeness (QED) is 0.0824. The van der Waals surface area contributed by atoms with Crippen LogP contribution in [0, 0.1) is 0 Å². The minimum Gasteiger partial charge on any atom is -0.493 e. The van der Waals surface area contributed by atoms with Crippen molar-refractivity contribution in [2.45, 2.75) is 43.4 Å². The van der Waals surface area contributed by atoms with Crippen molar-refractivity contribution < 1.29 is 38.4 Å². The van der Waals surface area contributed by atoms with Crippen LogP contribution in [0.3, 0.4) is 0 Å². The normalized spacial score (nSPS) is 15.9. The first-order valence-electron chi connectivity index (χ1n) is 14.2. The van der Waals surface area contributed by atoms with E-state index in [0.717, 1.165) is 28.9 Å². The van der Waals surface area contributed by atoms with Crippen LogP contribution in [0.1, 0.15) is 48.7 Å². The summed E-state index contributed by atoms with van der Waals surface area (Å²) in [5.74, 6) is 3.38. The summed E-state index contributed by atoms with van der Waals surface area (Å²) in [7, 11) is 6.32. The van der Waals surface area contributed by atoms with E-state index in [2.05, 4.69) is 5.32 Å². The van der Waals surface area contributed by atoms with Crippen molar-refractivity contribution in [1.82, 2.24) is 10.4 Å². The molecule has 1 aliphatic rings. The number of thioether (sulfide) groups is 1. The Kier molecular flexibility index (Phi) is 12.1. The van der Waals surface area contributed by atoms with Crippen molar-refractivity contribution in [2.75, 3.05) is 47.3 Å². The van der Waals surface area contributed by atoms with E-state index in [1.807, 2.05) is 48.5 Å². The van der Waals surface area contributed by atoms with Crippen LogP contribution in [0.15, 0.2) is 53.4 Å². The van der Waals surface area contributed by atoms with Gasteiger partial charge >= 0.3 is 6.03 Å². The fraction of sp³-hybridized carbons (Fsp3) is 0.406. The Morgan fingerprint density at radius 2 is 1.50 bits per heavy atom. The number of halogens is 1. The topological polar surface area (TPSA) is 108 Å². The minimum absolute atomic E-state index is 0.114. The minimum atomic E-state index is -0.610. The number of rotatable bonds is 14. The summed E-state index contributed by atoms with van der Waals surface area (Å²) in [4.78, 5) is 13.5. The molecule has 4 rings (SSSR count). The molecule has 0 bridgehead atoms. The van der Waals surface area contributed by atoms with E-state index >= 15 is 0 Å². The Balaban J connectivity index is 1.55. The molecule has 1 heterocycles. The highest BCUT2D eigenvalue weighted by Crippen LogP contribution is 2.47. The Hall–Kier alpha value is -3.51. The molecule has 1 fully saturated rings. The lowest BCUT2D eigenvalue weighted by Crippen LogP contribution is -2.37. The van der Waals surface area contributed by atoms with Crippen molar-refractivity contribution in [2.24, 2.45) is 0 Å². The summed E-state index contributed by atoms with van der Waals surface area (Å²) in [5.41, 5.74) is 2.51. The molecule has 2 atom stereocenters. The van der Waals surface area contributed by atoms with Crippen LogP contribution in [-0.4, -0.2) is 63.6 Å². The molecular formula is C32H39ClN2O8S. The second-order valence-corrected chi connectivity index (χ2v) is 11.5. The second-order valence-electron chi connectivity index (χ2n) is 9.89. The fourth-order valence-electron chi connectivity index (χ4n) is 4.97. The molecule has 12 heteroatoms. The molecule has 0 aliphatic carbocycles. The number of urea groups is 1. The number of benzene rings is 3. The highest BCUT2D eigenvalue weighted by Gasteiger charge is 2.31. The first-order chi connectivity index (χ1) is 21.3. The lowest BCUT2D eigenvalue weighted by molar-refractivity contribution is -0.0386. The van der Waals surface area contributed by atoms with Gasteiger partial charge in [-0.05, 0) is 79.4 Å². The Labute approximate surface area is 267 Å². The Morgan fingerprint density at radius 3 is 2.05 bits per heavy atom. The van der Waals surface area contributed by atoms with Crippen LogP contribution in [0.25, 0.3) is 0 Å². The summed E-state index contributed by atoms with van der Waals surface area (Å²) in [6, 6.07) is 14.7. The van der Waals surface area contributed by atoms with Crippen LogP contribution in [0.4, 0.5) is 4.79 Å². The van der Waals surface area contributed by atoms with Crippen molar-refractivity contribution >= 4 is 29.4 Å². The molecule has 0 radical (unpaired) electrons. The maximum Gasteiger partial charge on any atom is 0.341 e. The second kappa shape index (κ2) is 16.0. The molecule has 2 amide bonds. The van der Waals surface area contributed by atoms with Crippen molar-refractivity contribution in [3.63, 3.8) is 0 Å². The zero-order valence-electron chi connectivity index (χ0n) is 25.6. The largest absolute Gasteiger partial charge is 0.493 e. The molecule has 0 saturated carbocycles. The van der Waals surface area contributed by atoms with E-state index in [-0.39, 0.29) is 25.3 Å². The average Bonchev–Trinajstić information content (AvgIpc) is 3.55. The number of hydroxylamine groups is 2. The molecule has 0 spiro atoms. The zero-order valence-corrected chi connectivity index (χ0v) is 27.1. The van der Waals surface area contributed by atoms with E-state index in [1.165, 1.54) is 0 Å². The molecule has 3 aromatic rings. The first-order valence-corrected chi connectivity index (χ1v) is 15.6. The molecule has 238 valence electrons. The number of methoxy groups -OCH3 is 4. The van der Waals surface area contributed by atoms with Crippen molar-refractivity contribution in [3.8, 4) is 28.7 Å². The number of ether oxygens (including phenoxy) is 6. The van der Waals surface area contributed by atoms with Gasteiger partial charge in [-0.1, -0.05) is 11.6 Å². The lowest BCUT2D eigenvalue weighted by Gasteiger charge is -2.21. The van der Waals surface area contributed by atoms with Gasteiger partial charge in [0.05, 0.1) is 47.3 Å². The number of nitrogens with one attached hydrogen (secondary N) is 1. The van der Waals surface area contributed by atoms with Crippen LogP contribution >= 0.6 is 23.4 Å². The van der Waals surface area contributed by atoms with Gasteiger partial charge in [0, 0.05) is 34.3 Å². The van der Waals surface area contributed by atoms with Crippen molar-refractivity contribution in [3.05, 3.63) is 70.2 Å². The molecular weight excluding hydrogens is 608 g/mol. The Morgan fingerprint density at radius 1 is 0.932 bits per heavy atom. The van der Waals surface area contributed by atoms with Gasteiger partial charge in [0.1, 0.15) is 0 Å². The zero-order chi connectivity index (χ0) is 31.6. The van der Waals surface area contributed by atoms with Crippen LogP contribution in [0.5, 0.6) is 28.7 Å². The summed E-state index contributed by atoms with van der Waals surface area (Å²) in [5, 5.41) is 13.9. The van der Waals surface area contributed by atoms with E-state index in [0.29, 0.717) is 56.8 Å². The van der Waals surface area contributed by atoms with Gasteiger partial charge in [0.2, 0.25) is 5.75 Å². The van der Waals surface area contributed by atoms with Gasteiger partial charge in [-0.25, -0.2) is 9.86 Å². The van der Waals surface area contributed by atoms with Crippen LogP contribution in [-0.2, 0) is 11.3 Å². The van der Waals surface area contributed by atoms with Gasteiger partial charge in [0.25, 0.3) is 0 Å². The monoisotopic (exact) mass is 646 g/mol. The molecule has 3 aromatic carbocycles. The SMILES string of the molecule is CCN(O)C(=O)NCc1cc(C2CCC(c3cc(OC)c(OC)c(OC)c3)O2)cc(OC)c1OCCSc1ccc(Cl)cc1. The van der Waals surface area contributed by atoms with Gasteiger partial charge < -0.3 is 33.7 Å². The summed E-state index contributed by atoms with van der Waals surface area (Å²) in [6.45, 7) is 2.34. The van der Waals surface area contributed by atoms with E-state index in [1.54, 1.807) is 47.1 Å². The smallest absolute Gasteiger partial charge is 0.341 e. The third-order valence-corrected chi connectivity index (χ3v) is 8.43. The first kappa shape index (κ1) is 33.4. The van der Waals surface area contributed by atoms with E-state index in [9.17, 15) is 10.0 Å². The summed E-state index contributed by atoms with van der Waals surface area (Å²) in [6.07, 6.45) is 1.10. The molecule has 1 saturated heterocycles. The molecule has 1 aliphatic heterocycles. The van der Waals surface area contributed by atoms with E-state index < -0.39 is 6.03 Å². The van der Waals surface area contributed by atoms with Crippen LogP contribution < -0.4 is 29.0 Å². The van der Waals surface area contributed by atoms with Gasteiger partial charge in [-0.2, -0.15) is 0 Å². The van der Waals surface area contributed by atoms with Crippen molar-refractivity contribution in [1.29, 1.82) is 0 Å². The predicted molar refractivity (Wildman–Crippen MR) is 169 cm³/mol. The highest BCUT2D eigenvalue weighted by molar-refractivity contribution is 7.99. The predicted octanol–water partition coefficient (Wildman–Crippen LogP) is 7.06. The molecule has 0 aromatic heterocycles. The summed E-state index contributed by atoms with van der Waals surface area (Å²) >= 11 is 7.64. The van der Waals surface area contributed by atoms with Crippen LogP contribution in [0.2, 0.25) is 5.02 Å². The molecule has 2 unspecified atom stereocenters. The Bertz CT molecular complexity index is 1380. The third-order valence-electron chi connectivity index (χ3n) is 7.20.